The molecule has 0 radical (unpaired) electrons. The third-order valence-corrected chi connectivity index (χ3v) is 3.70. The lowest BCUT2D eigenvalue weighted by atomic mass is 10.2. The smallest absolute Gasteiger partial charge is 0.416 e. The van der Waals surface area contributed by atoms with Gasteiger partial charge in [-0.1, -0.05) is 6.07 Å². The molecule has 1 heterocycles. The molecular formula is C16H13F3N2O3S. The fourth-order valence-corrected chi connectivity index (χ4v) is 2.43. The zero-order valence-corrected chi connectivity index (χ0v) is 13.8. The molecule has 1 aromatic heterocycles. The van der Waals surface area contributed by atoms with Gasteiger partial charge in [-0.05, 0) is 36.6 Å². The number of ether oxygens (including phenoxy) is 1. The fourth-order valence-electron chi connectivity index (χ4n) is 1.89. The topological polar surface area (TPSA) is 68.3 Å². The van der Waals surface area contributed by atoms with Gasteiger partial charge in [-0.25, -0.2) is 9.78 Å². The summed E-state index contributed by atoms with van der Waals surface area (Å²) in [6.07, 6.45) is -1.26. The molecule has 1 N–H and O–H groups in total. The van der Waals surface area contributed by atoms with E-state index < -0.39 is 30.2 Å². The minimum Gasteiger partial charge on any atom is -0.452 e. The number of carbonyl (C=O) groups is 2. The predicted molar refractivity (Wildman–Crippen MR) is 86.4 cm³/mol. The van der Waals surface area contributed by atoms with Gasteiger partial charge in [0, 0.05) is 11.9 Å². The zero-order valence-electron chi connectivity index (χ0n) is 13.0. The number of benzene rings is 1. The minimum absolute atomic E-state index is 0.0398. The van der Waals surface area contributed by atoms with Gasteiger partial charge in [-0.15, -0.1) is 11.8 Å². The summed E-state index contributed by atoms with van der Waals surface area (Å²) in [4.78, 5) is 27.7. The van der Waals surface area contributed by atoms with E-state index in [1.54, 1.807) is 12.3 Å². The van der Waals surface area contributed by atoms with Crippen LogP contribution in [0.25, 0.3) is 0 Å². The molecule has 0 atom stereocenters. The molecule has 0 aliphatic heterocycles. The van der Waals surface area contributed by atoms with Crippen molar-refractivity contribution in [1.82, 2.24) is 4.98 Å². The second kappa shape index (κ2) is 8.02. The number of hydrogen-bond acceptors (Lipinski definition) is 5. The Morgan fingerprint density at radius 1 is 1.24 bits per heavy atom. The van der Waals surface area contributed by atoms with Crippen molar-refractivity contribution in [2.24, 2.45) is 0 Å². The second-order valence-electron chi connectivity index (χ2n) is 4.76. The van der Waals surface area contributed by atoms with Gasteiger partial charge in [0.15, 0.2) is 6.61 Å². The molecule has 0 saturated carbocycles. The normalized spacial score (nSPS) is 11.0. The van der Waals surface area contributed by atoms with Gasteiger partial charge in [-0.2, -0.15) is 13.2 Å². The lowest BCUT2D eigenvalue weighted by Crippen LogP contribution is -2.21. The lowest BCUT2D eigenvalue weighted by Gasteiger charge is -2.10. The van der Waals surface area contributed by atoms with Crippen molar-refractivity contribution in [3.8, 4) is 0 Å². The van der Waals surface area contributed by atoms with Crippen LogP contribution in [0.1, 0.15) is 15.9 Å². The molecule has 25 heavy (non-hydrogen) atoms. The molecule has 2 rings (SSSR count). The molecule has 2 aromatic rings. The van der Waals surface area contributed by atoms with E-state index in [9.17, 15) is 22.8 Å². The molecule has 5 nitrogen and oxygen atoms in total. The van der Waals surface area contributed by atoms with Crippen molar-refractivity contribution < 1.29 is 27.5 Å². The number of esters is 1. The number of pyridine rings is 1. The van der Waals surface area contributed by atoms with Gasteiger partial charge < -0.3 is 10.1 Å². The standard InChI is InChI=1S/C16H13F3N2O3S/c1-25-14-12(6-3-7-20-14)15(23)24-9-13(22)21-11-5-2-4-10(8-11)16(17,18)19/h2-8H,9H2,1H3,(H,21,22). The Morgan fingerprint density at radius 2 is 2.00 bits per heavy atom. The van der Waals surface area contributed by atoms with Crippen LogP contribution in [-0.2, 0) is 15.7 Å². The highest BCUT2D eigenvalue weighted by atomic mass is 32.2. The number of nitrogens with one attached hydrogen (secondary N) is 1. The average Bonchev–Trinajstić information content (AvgIpc) is 2.59. The zero-order chi connectivity index (χ0) is 18.4. The van der Waals surface area contributed by atoms with Crippen molar-refractivity contribution in [1.29, 1.82) is 0 Å². The Balaban J connectivity index is 1.96. The third kappa shape index (κ3) is 5.21. The number of rotatable bonds is 5. The Morgan fingerprint density at radius 3 is 2.68 bits per heavy atom. The van der Waals surface area contributed by atoms with E-state index in [0.29, 0.717) is 5.03 Å². The molecule has 0 unspecified atom stereocenters. The van der Waals surface area contributed by atoms with Gasteiger partial charge in [0.2, 0.25) is 0 Å². The summed E-state index contributed by atoms with van der Waals surface area (Å²) in [5.74, 6) is -1.49. The second-order valence-corrected chi connectivity index (χ2v) is 5.56. The monoisotopic (exact) mass is 370 g/mol. The van der Waals surface area contributed by atoms with Crippen molar-refractivity contribution >= 4 is 29.3 Å². The summed E-state index contributed by atoms with van der Waals surface area (Å²) in [7, 11) is 0. The van der Waals surface area contributed by atoms with Gasteiger partial charge >= 0.3 is 12.1 Å². The van der Waals surface area contributed by atoms with Crippen molar-refractivity contribution in [3.63, 3.8) is 0 Å². The van der Waals surface area contributed by atoms with Crippen LogP contribution < -0.4 is 5.32 Å². The van der Waals surface area contributed by atoms with Crippen molar-refractivity contribution in [3.05, 3.63) is 53.7 Å². The maximum atomic E-state index is 12.6. The van der Waals surface area contributed by atoms with E-state index in [1.165, 1.54) is 36.2 Å². The van der Waals surface area contributed by atoms with Crippen LogP contribution >= 0.6 is 11.8 Å². The average molecular weight is 370 g/mol. The number of anilines is 1. The van der Waals surface area contributed by atoms with E-state index in [-0.39, 0.29) is 11.3 Å². The summed E-state index contributed by atoms with van der Waals surface area (Å²) in [5, 5.41) is 2.70. The van der Waals surface area contributed by atoms with Gasteiger partial charge in [0.25, 0.3) is 5.91 Å². The first kappa shape index (κ1) is 18.8. The van der Waals surface area contributed by atoms with E-state index in [0.717, 1.165) is 12.1 Å². The molecule has 0 aliphatic rings. The molecule has 1 amide bonds. The molecule has 0 saturated heterocycles. The number of carbonyl (C=O) groups excluding carboxylic acids is 2. The minimum atomic E-state index is -4.51. The molecule has 1 aromatic carbocycles. The summed E-state index contributed by atoms with van der Waals surface area (Å²) >= 11 is 1.25. The number of nitrogens with zero attached hydrogens (tertiary/aromatic N) is 1. The molecule has 132 valence electrons. The largest absolute Gasteiger partial charge is 0.452 e. The van der Waals surface area contributed by atoms with E-state index in [1.807, 2.05) is 0 Å². The van der Waals surface area contributed by atoms with Crippen LogP contribution in [0.4, 0.5) is 18.9 Å². The molecule has 9 heteroatoms. The summed E-state index contributed by atoms with van der Waals surface area (Å²) < 4.78 is 42.8. The van der Waals surface area contributed by atoms with Gasteiger partial charge in [0.1, 0.15) is 5.03 Å². The molecule has 0 spiro atoms. The van der Waals surface area contributed by atoms with Crippen LogP contribution in [0.15, 0.2) is 47.6 Å². The number of hydrogen-bond donors (Lipinski definition) is 1. The Kier molecular flexibility index (Phi) is 6.02. The van der Waals surface area contributed by atoms with E-state index in [2.05, 4.69) is 10.3 Å². The van der Waals surface area contributed by atoms with Crippen molar-refractivity contribution in [2.45, 2.75) is 11.2 Å². The SMILES string of the molecule is CSc1ncccc1C(=O)OCC(=O)Nc1cccc(C(F)(F)F)c1. The Bertz CT molecular complexity index is 781. The van der Waals surface area contributed by atoms with Crippen LogP contribution in [0, 0.1) is 0 Å². The number of halogens is 3. The first-order chi connectivity index (χ1) is 11.8. The molecule has 0 aliphatic carbocycles. The van der Waals surface area contributed by atoms with Crippen LogP contribution in [-0.4, -0.2) is 29.7 Å². The first-order valence-corrected chi connectivity index (χ1v) is 8.17. The van der Waals surface area contributed by atoms with Gasteiger partial charge in [-0.3, -0.25) is 4.79 Å². The lowest BCUT2D eigenvalue weighted by molar-refractivity contribution is -0.137. The number of amides is 1. The Labute approximate surface area is 145 Å². The van der Waals surface area contributed by atoms with Crippen LogP contribution in [0.2, 0.25) is 0 Å². The first-order valence-electron chi connectivity index (χ1n) is 6.94. The highest BCUT2D eigenvalue weighted by Crippen LogP contribution is 2.30. The number of aromatic nitrogens is 1. The molecule has 0 fully saturated rings. The Hall–Kier alpha value is -2.55. The predicted octanol–water partition coefficient (Wildman–Crippen LogP) is 3.62. The third-order valence-electron chi connectivity index (χ3n) is 2.99. The maximum absolute atomic E-state index is 12.6. The highest BCUT2D eigenvalue weighted by Gasteiger charge is 2.30. The van der Waals surface area contributed by atoms with Gasteiger partial charge in [0.05, 0.1) is 11.1 Å². The summed E-state index contributed by atoms with van der Waals surface area (Å²) in [5.41, 5.74) is -0.716. The van der Waals surface area contributed by atoms with Crippen molar-refractivity contribution in [2.75, 3.05) is 18.2 Å². The highest BCUT2D eigenvalue weighted by molar-refractivity contribution is 7.98. The summed E-state index contributed by atoms with van der Waals surface area (Å²) in [6.45, 7) is -0.627. The van der Waals surface area contributed by atoms with E-state index in [4.69, 9.17) is 4.74 Å². The molecule has 0 bridgehead atoms. The van der Waals surface area contributed by atoms with Crippen LogP contribution in [0.3, 0.4) is 0 Å². The number of thioether (sulfide) groups is 1. The fraction of sp³-hybridized carbons (Fsp3) is 0.188. The quantitative estimate of drug-likeness (QED) is 0.643. The molecular weight excluding hydrogens is 357 g/mol. The summed E-state index contributed by atoms with van der Waals surface area (Å²) in [6, 6.07) is 7.23. The number of alkyl halides is 3. The van der Waals surface area contributed by atoms with E-state index >= 15 is 0 Å². The maximum Gasteiger partial charge on any atom is 0.416 e. The van der Waals surface area contributed by atoms with Crippen LogP contribution in [0.5, 0.6) is 0 Å².